The number of aryl methyl sites for hydroxylation is 1. The number of aliphatic hydroxyl groups is 1. The zero-order valence-electron chi connectivity index (χ0n) is 9.80. The number of aliphatic hydroxyl groups excluding tert-OH is 1. The van der Waals surface area contributed by atoms with Crippen LogP contribution in [0.3, 0.4) is 0 Å². The molecule has 1 aromatic heterocycles. The zero-order chi connectivity index (χ0) is 12.3. The van der Waals surface area contributed by atoms with E-state index in [1.165, 1.54) is 0 Å². The van der Waals surface area contributed by atoms with Crippen LogP contribution in [0.15, 0.2) is 30.5 Å². The highest BCUT2D eigenvalue weighted by molar-refractivity contribution is 5.38. The summed E-state index contributed by atoms with van der Waals surface area (Å²) in [6.07, 6.45) is 3.42. The molecule has 2 N–H and O–H groups in total. The maximum Gasteiger partial charge on any atom is 0.115 e. The van der Waals surface area contributed by atoms with Crippen LogP contribution in [0.25, 0.3) is 5.69 Å². The Morgan fingerprint density at radius 1 is 1.24 bits per heavy atom. The summed E-state index contributed by atoms with van der Waals surface area (Å²) in [7, 11) is 0. The summed E-state index contributed by atoms with van der Waals surface area (Å²) in [6.45, 7) is 2.20. The van der Waals surface area contributed by atoms with E-state index in [-0.39, 0.29) is 12.4 Å². The molecule has 0 aliphatic heterocycles. The molecule has 17 heavy (non-hydrogen) atoms. The Labute approximate surface area is 100 Å². The van der Waals surface area contributed by atoms with E-state index in [0.717, 1.165) is 29.8 Å². The van der Waals surface area contributed by atoms with Gasteiger partial charge in [0.25, 0.3) is 0 Å². The largest absolute Gasteiger partial charge is 0.508 e. The van der Waals surface area contributed by atoms with Crippen molar-refractivity contribution < 1.29 is 10.2 Å². The van der Waals surface area contributed by atoms with Gasteiger partial charge < -0.3 is 10.2 Å². The van der Waals surface area contributed by atoms with E-state index in [1.54, 1.807) is 12.1 Å². The van der Waals surface area contributed by atoms with Gasteiger partial charge in [0.1, 0.15) is 5.75 Å². The highest BCUT2D eigenvalue weighted by Gasteiger charge is 2.07. The lowest BCUT2D eigenvalue weighted by Gasteiger charge is -2.05. The van der Waals surface area contributed by atoms with Crippen LogP contribution in [0.4, 0.5) is 0 Å². The second-order valence-corrected chi connectivity index (χ2v) is 4.01. The number of benzene rings is 1. The third-order valence-electron chi connectivity index (χ3n) is 2.81. The van der Waals surface area contributed by atoms with Crippen molar-refractivity contribution in [2.24, 2.45) is 0 Å². The van der Waals surface area contributed by atoms with E-state index in [2.05, 4.69) is 5.10 Å². The molecule has 2 rings (SSSR count). The van der Waals surface area contributed by atoms with Crippen LogP contribution in [0.1, 0.15) is 17.7 Å². The Balaban J connectivity index is 2.27. The number of phenolic OH excluding ortho intramolecular Hbond substituents is 1. The number of hydrogen-bond acceptors (Lipinski definition) is 3. The Kier molecular flexibility index (Phi) is 3.44. The summed E-state index contributed by atoms with van der Waals surface area (Å²) in [5, 5.41) is 22.4. The minimum absolute atomic E-state index is 0.198. The van der Waals surface area contributed by atoms with Crippen LogP contribution < -0.4 is 0 Å². The second-order valence-electron chi connectivity index (χ2n) is 4.01. The van der Waals surface area contributed by atoms with Crippen LogP contribution in [0.5, 0.6) is 5.75 Å². The Bertz CT molecular complexity index is 489. The van der Waals surface area contributed by atoms with Gasteiger partial charge in [-0.15, -0.1) is 0 Å². The normalized spacial score (nSPS) is 10.7. The zero-order valence-corrected chi connectivity index (χ0v) is 9.80. The molecule has 0 saturated heterocycles. The van der Waals surface area contributed by atoms with Crippen molar-refractivity contribution in [3.63, 3.8) is 0 Å². The van der Waals surface area contributed by atoms with Gasteiger partial charge in [-0.25, -0.2) is 4.68 Å². The summed E-state index contributed by atoms with van der Waals surface area (Å²) >= 11 is 0. The van der Waals surface area contributed by atoms with E-state index in [9.17, 15) is 5.11 Å². The molecular formula is C13H16N2O2. The summed E-state index contributed by atoms with van der Waals surface area (Å²) in [5.41, 5.74) is 3.15. The van der Waals surface area contributed by atoms with Crippen LogP contribution >= 0.6 is 0 Å². The molecule has 0 aliphatic rings. The lowest BCUT2D eigenvalue weighted by molar-refractivity contribution is 0.288. The first-order chi connectivity index (χ1) is 8.22. The highest BCUT2D eigenvalue weighted by Crippen LogP contribution is 2.17. The third-order valence-corrected chi connectivity index (χ3v) is 2.81. The minimum atomic E-state index is 0.198. The Morgan fingerprint density at radius 2 is 1.94 bits per heavy atom. The van der Waals surface area contributed by atoms with Crippen molar-refractivity contribution in [3.05, 3.63) is 41.7 Å². The van der Waals surface area contributed by atoms with Gasteiger partial charge in [0.15, 0.2) is 0 Å². The molecule has 0 fully saturated rings. The number of rotatable bonds is 4. The molecule has 1 heterocycles. The van der Waals surface area contributed by atoms with Crippen LogP contribution in [0, 0.1) is 6.92 Å². The molecule has 0 unspecified atom stereocenters. The Morgan fingerprint density at radius 3 is 2.59 bits per heavy atom. The molecule has 0 atom stereocenters. The van der Waals surface area contributed by atoms with Crippen molar-refractivity contribution in [1.82, 2.24) is 9.78 Å². The van der Waals surface area contributed by atoms with Crippen molar-refractivity contribution in [3.8, 4) is 11.4 Å². The van der Waals surface area contributed by atoms with Crippen LogP contribution in [-0.2, 0) is 6.42 Å². The fourth-order valence-corrected chi connectivity index (χ4v) is 1.81. The third kappa shape index (κ3) is 2.47. The molecule has 0 amide bonds. The first-order valence-corrected chi connectivity index (χ1v) is 5.66. The molecule has 0 aliphatic carbocycles. The highest BCUT2D eigenvalue weighted by atomic mass is 16.3. The fraction of sp³-hybridized carbons (Fsp3) is 0.308. The van der Waals surface area contributed by atoms with Crippen molar-refractivity contribution in [2.75, 3.05) is 6.61 Å². The van der Waals surface area contributed by atoms with Gasteiger partial charge in [0, 0.05) is 12.3 Å². The predicted octanol–water partition coefficient (Wildman–Crippen LogP) is 1.81. The molecule has 0 saturated carbocycles. The molecule has 1 aromatic carbocycles. The molecule has 0 spiro atoms. The fourth-order valence-electron chi connectivity index (χ4n) is 1.81. The minimum Gasteiger partial charge on any atom is -0.508 e. The molecule has 4 heteroatoms. The quantitative estimate of drug-likeness (QED) is 0.845. The average molecular weight is 232 g/mol. The first-order valence-electron chi connectivity index (χ1n) is 5.66. The standard InChI is InChI=1S/C13H16N2O2/c1-10-11(3-2-8-16)9-14-15(10)12-4-6-13(17)7-5-12/h4-7,9,16-17H,2-3,8H2,1H3. The van der Waals surface area contributed by atoms with Crippen molar-refractivity contribution in [1.29, 1.82) is 0 Å². The predicted molar refractivity (Wildman–Crippen MR) is 65.4 cm³/mol. The molecule has 0 radical (unpaired) electrons. The lowest BCUT2D eigenvalue weighted by atomic mass is 10.1. The van der Waals surface area contributed by atoms with E-state index >= 15 is 0 Å². The molecule has 2 aromatic rings. The van der Waals surface area contributed by atoms with Crippen LogP contribution in [-0.4, -0.2) is 26.6 Å². The van der Waals surface area contributed by atoms with E-state index in [1.807, 2.05) is 29.9 Å². The number of aromatic nitrogens is 2. The average Bonchev–Trinajstić information content (AvgIpc) is 2.69. The number of aromatic hydroxyl groups is 1. The molecular weight excluding hydrogens is 216 g/mol. The topological polar surface area (TPSA) is 58.3 Å². The summed E-state index contributed by atoms with van der Waals surface area (Å²) in [4.78, 5) is 0. The first kappa shape index (κ1) is 11.7. The van der Waals surface area contributed by atoms with E-state index in [4.69, 9.17) is 5.11 Å². The van der Waals surface area contributed by atoms with E-state index < -0.39 is 0 Å². The molecule has 90 valence electrons. The number of phenols is 1. The summed E-state index contributed by atoms with van der Waals surface area (Å²) in [5.74, 6) is 0.249. The van der Waals surface area contributed by atoms with Crippen molar-refractivity contribution >= 4 is 0 Å². The maximum atomic E-state index is 9.24. The van der Waals surface area contributed by atoms with Gasteiger partial charge in [-0.2, -0.15) is 5.10 Å². The van der Waals surface area contributed by atoms with Gasteiger partial charge >= 0.3 is 0 Å². The van der Waals surface area contributed by atoms with Gasteiger partial charge in [0.2, 0.25) is 0 Å². The summed E-state index contributed by atoms with van der Waals surface area (Å²) in [6, 6.07) is 6.93. The number of nitrogens with zero attached hydrogens (tertiary/aromatic N) is 2. The summed E-state index contributed by atoms with van der Waals surface area (Å²) < 4.78 is 1.84. The monoisotopic (exact) mass is 232 g/mol. The van der Waals surface area contributed by atoms with Gasteiger partial charge in [-0.3, -0.25) is 0 Å². The lowest BCUT2D eigenvalue weighted by Crippen LogP contribution is -1.99. The molecule has 4 nitrogen and oxygen atoms in total. The van der Waals surface area contributed by atoms with Gasteiger partial charge in [-0.1, -0.05) is 0 Å². The van der Waals surface area contributed by atoms with Gasteiger partial charge in [0.05, 0.1) is 11.9 Å². The van der Waals surface area contributed by atoms with E-state index in [0.29, 0.717) is 0 Å². The van der Waals surface area contributed by atoms with Gasteiger partial charge in [-0.05, 0) is 49.6 Å². The van der Waals surface area contributed by atoms with Crippen molar-refractivity contribution in [2.45, 2.75) is 19.8 Å². The van der Waals surface area contributed by atoms with Crippen LogP contribution in [0.2, 0.25) is 0 Å². The maximum absolute atomic E-state index is 9.24. The molecule has 0 bridgehead atoms. The SMILES string of the molecule is Cc1c(CCCO)cnn1-c1ccc(O)cc1. The Hall–Kier alpha value is -1.81. The smallest absolute Gasteiger partial charge is 0.115 e. The number of hydrogen-bond donors (Lipinski definition) is 2. The second kappa shape index (κ2) is 5.01.